The summed E-state index contributed by atoms with van der Waals surface area (Å²) >= 11 is 6.08. The van der Waals surface area contributed by atoms with Crippen LogP contribution in [0.25, 0.3) is 0 Å². The Hall–Kier alpha value is -2.90. The zero-order valence-corrected chi connectivity index (χ0v) is 18.0. The first-order chi connectivity index (χ1) is 14.9. The zero-order chi connectivity index (χ0) is 22.0. The van der Waals surface area contributed by atoms with Gasteiger partial charge in [0.2, 0.25) is 5.91 Å². The van der Waals surface area contributed by atoms with Crippen LogP contribution in [0, 0.1) is 0 Å². The number of ketones is 1. The Balaban J connectivity index is 1.32. The number of ether oxygens (including phenoxy) is 1. The first-order valence-corrected chi connectivity index (χ1v) is 10.7. The maximum absolute atomic E-state index is 12.4. The molecular formula is C23H24ClN3O4. The molecule has 2 amide bonds. The van der Waals surface area contributed by atoms with Crippen molar-refractivity contribution in [2.24, 2.45) is 0 Å². The summed E-state index contributed by atoms with van der Waals surface area (Å²) in [6.07, 6.45) is 1.16. The third-order valence-electron chi connectivity index (χ3n) is 5.71. The number of carbonyl (C=O) groups excluding carboxylic acids is 3. The molecule has 0 aliphatic carbocycles. The molecule has 0 radical (unpaired) electrons. The molecule has 0 spiro atoms. The number of carbonyl (C=O) groups is 3. The number of anilines is 2. The molecule has 2 aromatic carbocycles. The molecule has 2 aliphatic heterocycles. The van der Waals surface area contributed by atoms with Crippen LogP contribution >= 0.6 is 11.6 Å². The number of Topliss-reactive ketones (excluding diaryl/α,β-unsaturated/α-hetero) is 1. The van der Waals surface area contributed by atoms with Crippen molar-refractivity contribution in [1.82, 2.24) is 4.90 Å². The first-order valence-electron chi connectivity index (χ1n) is 10.3. The molecule has 8 heteroatoms. The maximum atomic E-state index is 12.4. The molecule has 0 saturated carbocycles. The average Bonchev–Trinajstić information content (AvgIpc) is 2.75. The minimum Gasteiger partial charge on any atom is -0.444 e. The Kier molecular flexibility index (Phi) is 6.25. The molecular weight excluding hydrogens is 418 g/mol. The number of likely N-dealkylation sites (tertiary alicyclic amines) is 1. The Morgan fingerprint density at radius 2 is 1.84 bits per heavy atom. The molecule has 31 heavy (non-hydrogen) atoms. The van der Waals surface area contributed by atoms with Gasteiger partial charge in [0.15, 0.2) is 5.78 Å². The zero-order valence-electron chi connectivity index (χ0n) is 17.3. The second kappa shape index (κ2) is 9.08. The molecule has 4 rings (SSSR count). The van der Waals surface area contributed by atoms with Gasteiger partial charge in [0.1, 0.15) is 6.61 Å². The van der Waals surface area contributed by atoms with Crippen molar-refractivity contribution in [3.8, 4) is 0 Å². The Morgan fingerprint density at radius 3 is 2.52 bits per heavy atom. The van der Waals surface area contributed by atoms with Crippen molar-refractivity contribution in [1.29, 1.82) is 0 Å². The van der Waals surface area contributed by atoms with Gasteiger partial charge in [-0.1, -0.05) is 11.6 Å². The average molecular weight is 442 g/mol. The minimum absolute atomic E-state index is 0.0101. The summed E-state index contributed by atoms with van der Waals surface area (Å²) in [5, 5.41) is 3.49. The number of benzene rings is 2. The second-order valence-corrected chi connectivity index (χ2v) is 8.32. The molecule has 2 heterocycles. The Bertz CT molecular complexity index is 1000. The van der Waals surface area contributed by atoms with Crippen LogP contribution in [0.2, 0.25) is 5.02 Å². The lowest BCUT2D eigenvalue weighted by Gasteiger charge is -2.40. The van der Waals surface area contributed by atoms with Crippen LogP contribution in [0.3, 0.4) is 0 Å². The summed E-state index contributed by atoms with van der Waals surface area (Å²) in [6, 6.07) is 12.4. The quantitative estimate of drug-likeness (QED) is 0.706. The van der Waals surface area contributed by atoms with E-state index in [1.54, 1.807) is 35.2 Å². The van der Waals surface area contributed by atoms with Gasteiger partial charge in [0.05, 0.1) is 12.2 Å². The predicted molar refractivity (Wildman–Crippen MR) is 119 cm³/mol. The highest BCUT2D eigenvalue weighted by molar-refractivity contribution is 6.30. The number of nitrogens with one attached hydrogen (secondary N) is 1. The van der Waals surface area contributed by atoms with E-state index in [9.17, 15) is 14.4 Å². The van der Waals surface area contributed by atoms with Gasteiger partial charge in [0.25, 0.3) is 0 Å². The SMILES string of the molecule is CC(=O)c1ccc(NC(=O)CN2CCC(N3C(=O)OCc4cc(Cl)ccc43)CC2)cc1. The fraction of sp³-hybridized carbons (Fsp3) is 0.348. The lowest BCUT2D eigenvalue weighted by Crippen LogP contribution is -2.50. The largest absolute Gasteiger partial charge is 0.444 e. The van der Waals surface area contributed by atoms with Crippen LogP contribution in [0.5, 0.6) is 0 Å². The van der Waals surface area contributed by atoms with Crippen molar-refractivity contribution >= 4 is 40.8 Å². The smallest absolute Gasteiger partial charge is 0.414 e. The molecule has 0 aromatic heterocycles. The molecule has 2 aromatic rings. The van der Waals surface area contributed by atoms with Crippen LogP contribution < -0.4 is 10.2 Å². The summed E-state index contributed by atoms with van der Waals surface area (Å²) in [7, 11) is 0. The van der Waals surface area contributed by atoms with Gasteiger partial charge < -0.3 is 10.1 Å². The Labute approximate surface area is 185 Å². The topological polar surface area (TPSA) is 79.0 Å². The van der Waals surface area contributed by atoms with Gasteiger partial charge in [-0.05, 0) is 62.2 Å². The van der Waals surface area contributed by atoms with E-state index in [2.05, 4.69) is 10.2 Å². The normalized spacial score (nSPS) is 17.1. The number of halogens is 1. The standard InChI is InChI=1S/C23H24ClN3O4/c1-15(28)16-2-5-19(6-3-16)25-22(29)13-26-10-8-20(9-11-26)27-21-7-4-18(24)12-17(21)14-31-23(27)30/h2-7,12,20H,8-11,13-14H2,1H3,(H,25,29). The van der Waals surface area contributed by atoms with Crippen LogP contribution in [0.15, 0.2) is 42.5 Å². The van der Waals surface area contributed by atoms with Crippen molar-refractivity contribution in [3.63, 3.8) is 0 Å². The minimum atomic E-state index is -0.333. The number of hydrogen-bond donors (Lipinski definition) is 1. The van der Waals surface area contributed by atoms with E-state index in [0.29, 0.717) is 29.4 Å². The molecule has 0 bridgehead atoms. The van der Waals surface area contributed by atoms with Crippen LogP contribution in [0.1, 0.15) is 35.7 Å². The van der Waals surface area contributed by atoms with E-state index in [4.69, 9.17) is 16.3 Å². The fourth-order valence-corrected chi connectivity index (χ4v) is 4.28. The molecule has 0 unspecified atom stereocenters. The van der Waals surface area contributed by atoms with Crippen molar-refractivity contribution < 1.29 is 19.1 Å². The molecule has 1 saturated heterocycles. The third-order valence-corrected chi connectivity index (χ3v) is 5.95. The third kappa shape index (κ3) is 4.89. The van der Waals surface area contributed by atoms with Crippen LogP contribution in [-0.2, 0) is 16.1 Å². The highest BCUT2D eigenvalue weighted by atomic mass is 35.5. The second-order valence-electron chi connectivity index (χ2n) is 7.89. The lowest BCUT2D eigenvalue weighted by molar-refractivity contribution is -0.117. The summed E-state index contributed by atoms with van der Waals surface area (Å²) in [5.41, 5.74) is 3.03. The molecule has 2 aliphatic rings. The summed E-state index contributed by atoms with van der Waals surface area (Å²) < 4.78 is 5.34. The van der Waals surface area contributed by atoms with E-state index in [-0.39, 0.29) is 37.0 Å². The van der Waals surface area contributed by atoms with Gasteiger partial charge in [-0.15, -0.1) is 0 Å². The lowest BCUT2D eigenvalue weighted by atomic mass is 10.0. The molecule has 7 nitrogen and oxygen atoms in total. The van der Waals surface area contributed by atoms with Gasteiger partial charge in [-0.25, -0.2) is 4.79 Å². The van der Waals surface area contributed by atoms with Crippen molar-refractivity contribution in [3.05, 3.63) is 58.6 Å². The highest BCUT2D eigenvalue weighted by Gasteiger charge is 2.34. The van der Waals surface area contributed by atoms with Gasteiger partial charge >= 0.3 is 6.09 Å². The van der Waals surface area contributed by atoms with E-state index in [1.165, 1.54) is 6.92 Å². The number of rotatable bonds is 5. The van der Waals surface area contributed by atoms with Crippen LogP contribution in [0.4, 0.5) is 16.2 Å². The Morgan fingerprint density at radius 1 is 1.13 bits per heavy atom. The number of piperidine rings is 1. The fourth-order valence-electron chi connectivity index (χ4n) is 4.09. The number of nitrogens with zero attached hydrogens (tertiary/aromatic N) is 2. The van der Waals surface area contributed by atoms with Gasteiger partial charge in [-0.2, -0.15) is 0 Å². The van der Waals surface area contributed by atoms with Gasteiger partial charge in [0, 0.05) is 41.0 Å². The number of amides is 2. The maximum Gasteiger partial charge on any atom is 0.414 e. The molecule has 1 fully saturated rings. The monoisotopic (exact) mass is 441 g/mol. The number of cyclic esters (lactones) is 1. The van der Waals surface area contributed by atoms with Crippen molar-refractivity contribution in [2.75, 3.05) is 29.9 Å². The molecule has 0 atom stereocenters. The molecule has 1 N–H and O–H groups in total. The summed E-state index contributed by atoms with van der Waals surface area (Å²) in [4.78, 5) is 40.0. The van der Waals surface area contributed by atoms with E-state index >= 15 is 0 Å². The van der Waals surface area contributed by atoms with E-state index < -0.39 is 0 Å². The molecule has 162 valence electrons. The van der Waals surface area contributed by atoms with Crippen LogP contribution in [-0.4, -0.2) is 48.4 Å². The first kappa shape index (κ1) is 21.3. The highest BCUT2D eigenvalue weighted by Crippen LogP contribution is 2.33. The predicted octanol–water partition coefficient (Wildman–Crippen LogP) is 4.10. The van der Waals surface area contributed by atoms with E-state index in [1.807, 2.05) is 12.1 Å². The van der Waals surface area contributed by atoms with Crippen molar-refractivity contribution in [2.45, 2.75) is 32.4 Å². The number of fused-ring (bicyclic) bond motifs is 1. The van der Waals surface area contributed by atoms with Gasteiger partial charge in [-0.3, -0.25) is 19.4 Å². The summed E-state index contributed by atoms with van der Waals surface area (Å²) in [6.45, 7) is 3.42. The number of hydrogen-bond acceptors (Lipinski definition) is 5. The summed E-state index contributed by atoms with van der Waals surface area (Å²) in [5.74, 6) is -0.115. The van der Waals surface area contributed by atoms with E-state index in [0.717, 1.165) is 24.1 Å².